The molecular formula is C4H3Br3. The average molecular weight is 291 g/mol. The highest BCUT2D eigenvalue weighted by atomic mass is 79.9. The lowest BCUT2D eigenvalue weighted by Gasteiger charge is -1.68. The van der Waals surface area contributed by atoms with Gasteiger partial charge in [0.25, 0.3) is 0 Å². The molecule has 0 N–H and O–H groups in total. The molecule has 0 aliphatic rings. The second-order valence-electron chi connectivity index (χ2n) is 0.763. The summed E-state index contributed by atoms with van der Waals surface area (Å²) in [7, 11) is 0. The smallest absolute Gasteiger partial charge is 0.101 e. The summed E-state index contributed by atoms with van der Waals surface area (Å²) in [5.41, 5.74) is 2.87. The molecule has 0 amide bonds. The molecule has 0 atom stereocenters. The molecule has 0 fully saturated rings. The number of hydrogen-bond acceptors (Lipinski definition) is 0. The number of allylic oxidation sites excluding steroid dienone is 1. The first-order valence-electron chi connectivity index (χ1n) is 1.59. The molecule has 0 aromatic rings. The third-order valence-corrected chi connectivity index (χ3v) is 1.07. The minimum atomic E-state index is 0.841. The maximum Gasteiger partial charge on any atom is 0.102 e. The van der Waals surface area contributed by atoms with Gasteiger partial charge in [-0.3, -0.25) is 0 Å². The summed E-state index contributed by atoms with van der Waals surface area (Å²) in [6, 6.07) is 0. The first-order valence-corrected chi connectivity index (χ1v) is 4.30. The zero-order valence-electron chi connectivity index (χ0n) is 3.42. The maximum absolute atomic E-state index is 3.20. The molecule has 0 bridgehead atoms. The molecule has 0 aromatic heterocycles. The maximum atomic E-state index is 3.20. The molecule has 40 valence electrons. The molecule has 0 radical (unpaired) electrons. The fraction of sp³-hybridized carbons (Fsp3) is 0.250. The van der Waals surface area contributed by atoms with Gasteiger partial charge in [-0.05, 0) is 37.9 Å². The van der Waals surface area contributed by atoms with E-state index >= 15 is 0 Å². The highest BCUT2D eigenvalue weighted by Crippen LogP contribution is 2.09. The summed E-state index contributed by atoms with van der Waals surface area (Å²) in [5.74, 6) is 0. The van der Waals surface area contributed by atoms with Gasteiger partial charge in [0.2, 0.25) is 0 Å². The predicted octanol–water partition coefficient (Wildman–Crippen LogP) is 3.17. The van der Waals surface area contributed by atoms with Crippen molar-refractivity contribution in [3.63, 3.8) is 0 Å². The largest absolute Gasteiger partial charge is 0.102 e. The van der Waals surface area contributed by atoms with Crippen molar-refractivity contribution in [3.05, 3.63) is 15.2 Å². The van der Waals surface area contributed by atoms with Crippen LogP contribution in [-0.4, -0.2) is 5.33 Å². The molecule has 0 saturated carbocycles. The SMILES string of the molecule is BrCC=C=C(Br)Br. The Hall–Kier alpha value is 0.960. The van der Waals surface area contributed by atoms with E-state index < -0.39 is 0 Å². The van der Waals surface area contributed by atoms with E-state index in [4.69, 9.17) is 0 Å². The number of alkyl halides is 1. The van der Waals surface area contributed by atoms with E-state index in [1.807, 2.05) is 6.08 Å². The Morgan fingerprint density at radius 1 is 1.57 bits per heavy atom. The van der Waals surface area contributed by atoms with Gasteiger partial charge in [-0.25, -0.2) is 0 Å². The van der Waals surface area contributed by atoms with Crippen molar-refractivity contribution in [2.24, 2.45) is 0 Å². The fourth-order valence-electron chi connectivity index (χ4n) is 0.116. The Morgan fingerprint density at radius 3 is 2.29 bits per heavy atom. The normalized spacial score (nSPS) is 7.29. The van der Waals surface area contributed by atoms with Crippen LogP contribution in [0.15, 0.2) is 15.2 Å². The van der Waals surface area contributed by atoms with E-state index in [-0.39, 0.29) is 0 Å². The van der Waals surface area contributed by atoms with Crippen LogP contribution in [0.2, 0.25) is 0 Å². The third kappa shape index (κ3) is 6.96. The zero-order valence-corrected chi connectivity index (χ0v) is 8.18. The highest BCUT2D eigenvalue weighted by molar-refractivity contribution is 9.28. The standard InChI is InChI=1S/C4H3Br3/c5-3-1-2-4(6)7/h1H,3H2. The van der Waals surface area contributed by atoms with E-state index in [0.717, 1.165) is 8.72 Å². The lowest BCUT2D eigenvalue weighted by Crippen LogP contribution is -1.49. The van der Waals surface area contributed by atoms with Crippen molar-refractivity contribution in [3.8, 4) is 0 Å². The van der Waals surface area contributed by atoms with Crippen LogP contribution >= 0.6 is 47.8 Å². The van der Waals surface area contributed by atoms with Crippen molar-refractivity contribution in [1.82, 2.24) is 0 Å². The Morgan fingerprint density at radius 2 is 2.14 bits per heavy atom. The van der Waals surface area contributed by atoms with Gasteiger partial charge in [-0.2, -0.15) is 0 Å². The molecule has 7 heavy (non-hydrogen) atoms. The summed E-state index contributed by atoms with van der Waals surface area (Å²) < 4.78 is 0.847. The molecule has 0 unspecified atom stereocenters. The van der Waals surface area contributed by atoms with Crippen molar-refractivity contribution in [2.75, 3.05) is 5.33 Å². The third-order valence-electron chi connectivity index (χ3n) is 0.288. The summed E-state index contributed by atoms with van der Waals surface area (Å²) in [6.45, 7) is 0. The Bertz CT molecular complexity index is 95.5. The van der Waals surface area contributed by atoms with Crippen molar-refractivity contribution >= 4 is 47.8 Å². The van der Waals surface area contributed by atoms with E-state index in [2.05, 4.69) is 53.5 Å². The van der Waals surface area contributed by atoms with Gasteiger partial charge in [0.05, 0.1) is 0 Å². The molecule has 3 heteroatoms. The van der Waals surface area contributed by atoms with Crippen LogP contribution in [0.3, 0.4) is 0 Å². The molecular weight excluding hydrogens is 288 g/mol. The average Bonchev–Trinajstić information content (AvgIpc) is 1.61. The van der Waals surface area contributed by atoms with Crippen LogP contribution in [0.4, 0.5) is 0 Å². The summed E-state index contributed by atoms with van der Waals surface area (Å²) >= 11 is 9.50. The summed E-state index contributed by atoms with van der Waals surface area (Å²) in [4.78, 5) is 0. The molecule has 0 aliphatic carbocycles. The van der Waals surface area contributed by atoms with Crippen molar-refractivity contribution in [2.45, 2.75) is 0 Å². The minimum Gasteiger partial charge on any atom is -0.101 e. The van der Waals surface area contributed by atoms with Crippen molar-refractivity contribution < 1.29 is 0 Å². The summed E-state index contributed by atoms with van der Waals surface area (Å²) in [5, 5.41) is 0.841. The Balaban J connectivity index is 3.62. The molecule has 0 nitrogen and oxygen atoms in total. The zero-order chi connectivity index (χ0) is 5.70. The van der Waals surface area contributed by atoms with E-state index in [0.29, 0.717) is 0 Å². The van der Waals surface area contributed by atoms with Crippen LogP contribution in [-0.2, 0) is 0 Å². The van der Waals surface area contributed by atoms with E-state index in [1.54, 1.807) is 0 Å². The summed E-state index contributed by atoms with van der Waals surface area (Å²) in [6.07, 6.45) is 1.86. The van der Waals surface area contributed by atoms with Gasteiger partial charge >= 0.3 is 0 Å². The second-order valence-corrected chi connectivity index (χ2v) is 4.06. The van der Waals surface area contributed by atoms with Crippen LogP contribution in [0.25, 0.3) is 0 Å². The van der Waals surface area contributed by atoms with Crippen LogP contribution in [0.5, 0.6) is 0 Å². The van der Waals surface area contributed by atoms with Gasteiger partial charge in [-0.15, -0.1) is 5.73 Å². The molecule has 0 saturated heterocycles. The lowest BCUT2D eigenvalue weighted by atomic mass is 10.7. The topological polar surface area (TPSA) is 0 Å². The van der Waals surface area contributed by atoms with Crippen molar-refractivity contribution in [1.29, 1.82) is 0 Å². The highest BCUT2D eigenvalue weighted by Gasteiger charge is 1.69. The van der Waals surface area contributed by atoms with Crippen LogP contribution in [0.1, 0.15) is 0 Å². The minimum absolute atomic E-state index is 0.841. The Kier molecular flexibility index (Phi) is 5.80. The second kappa shape index (κ2) is 5.10. The van der Waals surface area contributed by atoms with Gasteiger partial charge in [0, 0.05) is 5.33 Å². The molecule has 0 aromatic carbocycles. The lowest BCUT2D eigenvalue weighted by molar-refractivity contribution is 1.84. The first-order chi connectivity index (χ1) is 3.27. The van der Waals surface area contributed by atoms with Gasteiger partial charge in [0.1, 0.15) is 3.39 Å². The van der Waals surface area contributed by atoms with Gasteiger partial charge in [-0.1, -0.05) is 15.9 Å². The number of halogens is 3. The van der Waals surface area contributed by atoms with E-state index in [1.165, 1.54) is 0 Å². The number of hydrogen-bond donors (Lipinski definition) is 0. The predicted molar refractivity (Wildman–Crippen MR) is 43.2 cm³/mol. The Labute approximate surface area is 68.1 Å². The first kappa shape index (κ1) is 7.96. The molecule has 0 rings (SSSR count). The van der Waals surface area contributed by atoms with Crippen LogP contribution < -0.4 is 0 Å². The van der Waals surface area contributed by atoms with E-state index in [9.17, 15) is 0 Å². The molecule has 0 spiro atoms. The van der Waals surface area contributed by atoms with Gasteiger partial charge in [0.15, 0.2) is 0 Å². The fourth-order valence-corrected chi connectivity index (χ4v) is 0.601. The molecule has 0 heterocycles. The molecule has 0 aliphatic heterocycles. The van der Waals surface area contributed by atoms with Crippen LogP contribution in [0, 0.1) is 0 Å². The quantitative estimate of drug-likeness (QED) is 0.514. The number of rotatable bonds is 1. The van der Waals surface area contributed by atoms with Gasteiger partial charge < -0.3 is 0 Å². The monoisotopic (exact) mass is 288 g/mol.